The minimum Gasteiger partial charge on any atom is -0.496 e. The van der Waals surface area contributed by atoms with Gasteiger partial charge in [-0.3, -0.25) is 4.79 Å². The zero-order chi connectivity index (χ0) is 14.5. The van der Waals surface area contributed by atoms with Crippen molar-refractivity contribution in [2.75, 3.05) is 14.2 Å². The molecule has 0 aliphatic rings. The van der Waals surface area contributed by atoms with Crippen LogP contribution in [0.1, 0.15) is 26.3 Å². The number of amides is 1. The van der Waals surface area contributed by atoms with E-state index in [1.165, 1.54) is 6.08 Å². The molecule has 0 aromatic heterocycles. The summed E-state index contributed by atoms with van der Waals surface area (Å²) in [4.78, 5) is 11.8. The fourth-order valence-electron chi connectivity index (χ4n) is 1.61. The van der Waals surface area contributed by atoms with E-state index in [1.807, 2.05) is 39.0 Å². The highest BCUT2D eigenvalue weighted by Gasteiger charge is 2.12. The molecule has 4 nitrogen and oxygen atoms in total. The van der Waals surface area contributed by atoms with Gasteiger partial charge in [0.25, 0.3) is 0 Å². The number of ether oxygens (including phenoxy) is 2. The average Bonchev–Trinajstić information content (AvgIpc) is 2.33. The second-order valence-electron chi connectivity index (χ2n) is 5.15. The van der Waals surface area contributed by atoms with E-state index in [9.17, 15) is 4.79 Å². The monoisotopic (exact) mass is 263 g/mol. The van der Waals surface area contributed by atoms with Crippen molar-refractivity contribution in [1.29, 1.82) is 0 Å². The second-order valence-corrected chi connectivity index (χ2v) is 5.15. The first-order chi connectivity index (χ1) is 8.87. The Labute approximate surface area is 114 Å². The Morgan fingerprint density at radius 2 is 1.68 bits per heavy atom. The molecule has 0 saturated carbocycles. The molecular formula is C15H21NO3. The number of hydrogen-bond acceptors (Lipinski definition) is 3. The van der Waals surface area contributed by atoms with Crippen LogP contribution in [0, 0.1) is 0 Å². The Bertz CT molecular complexity index is 451. The standard InChI is InChI=1S/C15H21NO3/c1-15(2,3)16-14(17)10-9-11-12(18-4)7-6-8-13(11)19-5/h6-10H,1-5H3,(H,16,17)/b10-9+. The predicted octanol–water partition coefficient (Wildman–Crippen LogP) is 2.63. The van der Waals surface area contributed by atoms with E-state index < -0.39 is 0 Å². The number of rotatable bonds is 4. The van der Waals surface area contributed by atoms with Gasteiger partial charge in [-0.05, 0) is 39.0 Å². The topological polar surface area (TPSA) is 47.6 Å². The maximum absolute atomic E-state index is 11.8. The fraction of sp³-hybridized carbons (Fsp3) is 0.400. The number of methoxy groups -OCH3 is 2. The van der Waals surface area contributed by atoms with E-state index in [4.69, 9.17) is 9.47 Å². The highest BCUT2D eigenvalue weighted by Crippen LogP contribution is 2.29. The van der Waals surface area contributed by atoms with E-state index in [0.29, 0.717) is 11.5 Å². The predicted molar refractivity (Wildman–Crippen MR) is 76.5 cm³/mol. The molecule has 0 aliphatic heterocycles. The highest BCUT2D eigenvalue weighted by atomic mass is 16.5. The first-order valence-electron chi connectivity index (χ1n) is 6.08. The molecule has 1 aromatic rings. The quantitative estimate of drug-likeness (QED) is 0.849. The summed E-state index contributed by atoms with van der Waals surface area (Å²) in [5.74, 6) is 1.18. The van der Waals surface area contributed by atoms with Gasteiger partial charge in [0, 0.05) is 11.6 Å². The maximum atomic E-state index is 11.8. The number of benzene rings is 1. The third kappa shape index (κ3) is 4.66. The van der Waals surface area contributed by atoms with Crippen molar-refractivity contribution in [3.05, 3.63) is 29.8 Å². The normalized spacial score (nSPS) is 11.4. The van der Waals surface area contributed by atoms with Crippen LogP contribution in [0.25, 0.3) is 6.08 Å². The summed E-state index contributed by atoms with van der Waals surface area (Å²) in [6.45, 7) is 5.80. The van der Waals surface area contributed by atoms with Gasteiger partial charge in [-0.25, -0.2) is 0 Å². The molecule has 0 heterocycles. The van der Waals surface area contributed by atoms with Crippen molar-refractivity contribution in [3.8, 4) is 11.5 Å². The summed E-state index contributed by atoms with van der Waals surface area (Å²) < 4.78 is 10.5. The largest absolute Gasteiger partial charge is 0.496 e. The Morgan fingerprint density at radius 1 is 1.16 bits per heavy atom. The molecule has 19 heavy (non-hydrogen) atoms. The number of carbonyl (C=O) groups excluding carboxylic acids is 1. The maximum Gasteiger partial charge on any atom is 0.244 e. The smallest absolute Gasteiger partial charge is 0.244 e. The summed E-state index contributed by atoms with van der Waals surface area (Å²) >= 11 is 0. The lowest BCUT2D eigenvalue weighted by Gasteiger charge is -2.19. The third-order valence-electron chi connectivity index (χ3n) is 2.37. The molecule has 104 valence electrons. The Hall–Kier alpha value is -1.97. The van der Waals surface area contributed by atoms with E-state index in [2.05, 4.69) is 5.32 Å². The lowest BCUT2D eigenvalue weighted by atomic mass is 10.1. The van der Waals surface area contributed by atoms with Crippen molar-refractivity contribution < 1.29 is 14.3 Å². The van der Waals surface area contributed by atoms with Crippen molar-refractivity contribution in [2.45, 2.75) is 26.3 Å². The van der Waals surface area contributed by atoms with Gasteiger partial charge in [-0.1, -0.05) is 6.07 Å². The van der Waals surface area contributed by atoms with Crippen molar-refractivity contribution in [3.63, 3.8) is 0 Å². The second kappa shape index (κ2) is 6.27. The number of hydrogen-bond donors (Lipinski definition) is 1. The van der Waals surface area contributed by atoms with Gasteiger partial charge < -0.3 is 14.8 Å². The number of carbonyl (C=O) groups is 1. The van der Waals surface area contributed by atoms with Crippen LogP contribution < -0.4 is 14.8 Å². The van der Waals surface area contributed by atoms with Crippen molar-refractivity contribution in [1.82, 2.24) is 5.32 Å². The Morgan fingerprint density at radius 3 is 2.11 bits per heavy atom. The highest BCUT2D eigenvalue weighted by molar-refractivity contribution is 5.93. The summed E-state index contributed by atoms with van der Waals surface area (Å²) in [5.41, 5.74) is 0.489. The van der Waals surface area contributed by atoms with Crippen LogP contribution in [0.5, 0.6) is 11.5 Å². The molecule has 0 aliphatic carbocycles. The molecule has 1 amide bonds. The lowest BCUT2D eigenvalue weighted by Crippen LogP contribution is -2.39. The van der Waals surface area contributed by atoms with E-state index >= 15 is 0 Å². The molecule has 1 rings (SSSR count). The lowest BCUT2D eigenvalue weighted by molar-refractivity contribution is -0.117. The zero-order valence-corrected chi connectivity index (χ0v) is 12.1. The third-order valence-corrected chi connectivity index (χ3v) is 2.37. The summed E-state index contributed by atoms with van der Waals surface area (Å²) in [6, 6.07) is 5.48. The molecule has 0 atom stereocenters. The summed E-state index contributed by atoms with van der Waals surface area (Å²) in [7, 11) is 3.17. The van der Waals surface area contributed by atoms with Gasteiger partial charge in [0.15, 0.2) is 0 Å². The van der Waals surface area contributed by atoms with Gasteiger partial charge in [0.2, 0.25) is 5.91 Å². The summed E-state index contributed by atoms with van der Waals surface area (Å²) in [6.07, 6.45) is 3.17. The van der Waals surface area contributed by atoms with Gasteiger partial charge in [-0.15, -0.1) is 0 Å². The Balaban J connectivity index is 2.95. The summed E-state index contributed by atoms with van der Waals surface area (Å²) in [5, 5.41) is 2.86. The Kier molecular flexibility index (Phi) is 4.98. The van der Waals surface area contributed by atoms with Crippen LogP contribution in [0.3, 0.4) is 0 Å². The van der Waals surface area contributed by atoms with Gasteiger partial charge in [-0.2, -0.15) is 0 Å². The molecule has 0 radical (unpaired) electrons. The van der Waals surface area contributed by atoms with Crippen LogP contribution >= 0.6 is 0 Å². The van der Waals surface area contributed by atoms with E-state index in [1.54, 1.807) is 20.3 Å². The van der Waals surface area contributed by atoms with Gasteiger partial charge in [0.05, 0.1) is 19.8 Å². The van der Waals surface area contributed by atoms with Crippen LogP contribution in [0.15, 0.2) is 24.3 Å². The van der Waals surface area contributed by atoms with Crippen LogP contribution in [0.2, 0.25) is 0 Å². The van der Waals surface area contributed by atoms with Gasteiger partial charge >= 0.3 is 0 Å². The molecular weight excluding hydrogens is 242 g/mol. The SMILES string of the molecule is COc1cccc(OC)c1/C=C/C(=O)NC(C)(C)C. The zero-order valence-electron chi connectivity index (χ0n) is 12.1. The molecule has 0 unspecified atom stereocenters. The van der Waals surface area contributed by atoms with Crippen LogP contribution in [0.4, 0.5) is 0 Å². The van der Waals surface area contributed by atoms with E-state index in [-0.39, 0.29) is 11.4 Å². The van der Waals surface area contributed by atoms with Crippen LogP contribution in [-0.2, 0) is 4.79 Å². The van der Waals surface area contributed by atoms with E-state index in [0.717, 1.165) is 5.56 Å². The van der Waals surface area contributed by atoms with Crippen LogP contribution in [-0.4, -0.2) is 25.7 Å². The molecule has 0 fully saturated rings. The van der Waals surface area contributed by atoms with Crippen molar-refractivity contribution in [2.24, 2.45) is 0 Å². The molecule has 1 N–H and O–H groups in total. The fourth-order valence-corrected chi connectivity index (χ4v) is 1.61. The molecule has 0 bridgehead atoms. The first kappa shape index (κ1) is 15.1. The van der Waals surface area contributed by atoms with Crippen molar-refractivity contribution >= 4 is 12.0 Å². The molecule has 0 saturated heterocycles. The minimum absolute atomic E-state index is 0.152. The molecule has 0 spiro atoms. The minimum atomic E-state index is -0.258. The number of nitrogens with one attached hydrogen (secondary N) is 1. The molecule has 4 heteroatoms. The molecule has 1 aromatic carbocycles. The average molecular weight is 263 g/mol. The van der Waals surface area contributed by atoms with Gasteiger partial charge in [0.1, 0.15) is 11.5 Å². The first-order valence-corrected chi connectivity index (χ1v) is 6.08.